The Morgan fingerprint density at radius 2 is 0.607 bits per heavy atom. The first-order valence-corrected chi connectivity index (χ1v) is 20.6. The lowest BCUT2D eigenvalue weighted by molar-refractivity contribution is 1.07. The third-order valence-corrected chi connectivity index (χ3v) is 11.5. The van der Waals surface area contributed by atoms with E-state index in [0.29, 0.717) is 17.5 Å². The smallest absolute Gasteiger partial charge is 0.164 e. The summed E-state index contributed by atoms with van der Waals surface area (Å²) in [6.07, 6.45) is 0. The summed E-state index contributed by atoms with van der Waals surface area (Å²) in [6, 6.07) is 81.2. The van der Waals surface area contributed by atoms with Gasteiger partial charge in [0.05, 0.1) is 0 Å². The molecule has 0 saturated carbocycles. The van der Waals surface area contributed by atoms with Crippen LogP contribution >= 0.6 is 0 Å². The van der Waals surface area contributed by atoms with E-state index in [1.807, 2.05) is 36.4 Å². The Labute approximate surface area is 355 Å². The van der Waals surface area contributed by atoms with Crippen LogP contribution in [0.5, 0.6) is 0 Å². The molecule has 0 amide bonds. The first kappa shape index (κ1) is 35.9. The van der Waals surface area contributed by atoms with Crippen LogP contribution in [0.25, 0.3) is 89.8 Å². The van der Waals surface area contributed by atoms with Crippen molar-refractivity contribution in [1.82, 2.24) is 15.0 Å². The molecule has 1 aliphatic rings. The Morgan fingerprint density at radius 3 is 1.10 bits per heavy atom. The van der Waals surface area contributed by atoms with Gasteiger partial charge in [-0.05, 0) is 86.5 Å². The summed E-state index contributed by atoms with van der Waals surface area (Å²) >= 11 is 0. The Balaban J connectivity index is 1.01. The van der Waals surface area contributed by atoms with Crippen molar-refractivity contribution < 1.29 is 0 Å². The summed E-state index contributed by atoms with van der Waals surface area (Å²) in [5, 5.41) is 0. The van der Waals surface area contributed by atoms with Crippen LogP contribution in [-0.4, -0.2) is 15.0 Å². The minimum atomic E-state index is 0.652. The van der Waals surface area contributed by atoms with E-state index in [9.17, 15) is 0 Å². The molecule has 61 heavy (non-hydrogen) atoms. The largest absolute Gasteiger partial charge is 0.310 e. The molecule has 0 N–H and O–H groups in total. The predicted molar refractivity (Wildman–Crippen MR) is 252 cm³/mol. The third-order valence-electron chi connectivity index (χ3n) is 11.5. The molecule has 10 aromatic rings. The van der Waals surface area contributed by atoms with Crippen molar-refractivity contribution in [1.29, 1.82) is 0 Å². The molecule has 0 saturated heterocycles. The summed E-state index contributed by atoms with van der Waals surface area (Å²) in [5.41, 5.74) is 18.0. The van der Waals surface area contributed by atoms with Gasteiger partial charge < -0.3 is 4.90 Å². The first-order chi connectivity index (χ1) is 30.2. The van der Waals surface area contributed by atoms with Gasteiger partial charge in [0.1, 0.15) is 0 Å². The molecular weight excluding hydrogens is 741 g/mol. The zero-order valence-corrected chi connectivity index (χ0v) is 33.2. The maximum Gasteiger partial charge on any atom is 0.164 e. The monoisotopic (exact) mass is 778 g/mol. The first-order valence-electron chi connectivity index (χ1n) is 20.6. The lowest BCUT2D eigenvalue weighted by Crippen LogP contribution is -2.10. The van der Waals surface area contributed by atoms with Crippen LogP contribution in [0.3, 0.4) is 0 Å². The van der Waals surface area contributed by atoms with E-state index in [2.05, 4.69) is 199 Å². The fourth-order valence-electron chi connectivity index (χ4n) is 8.53. The minimum Gasteiger partial charge on any atom is -0.310 e. The molecule has 0 atom stereocenters. The van der Waals surface area contributed by atoms with Crippen molar-refractivity contribution in [3.05, 3.63) is 231 Å². The molecule has 4 nitrogen and oxygen atoms in total. The maximum absolute atomic E-state index is 5.12. The zero-order valence-electron chi connectivity index (χ0n) is 33.2. The van der Waals surface area contributed by atoms with Gasteiger partial charge in [0.15, 0.2) is 17.5 Å². The van der Waals surface area contributed by atoms with Gasteiger partial charge in [0, 0.05) is 39.3 Å². The highest BCUT2D eigenvalue weighted by molar-refractivity contribution is 6.13. The number of aromatic nitrogens is 3. The highest BCUT2D eigenvalue weighted by Crippen LogP contribution is 2.55. The maximum atomic E-state index is 5.12. The topological polar surface area (TPSA) is 41.9 Å². The van der Waals surface area contributed by atoms with Crippen molar-refractivity contribution in [2.75, 3.05) is 4.90 Å². The van der Waals surface area contributed by atoms with E-state index < -0.39 is 0 Å². The van der Waals surface area contributed by atoms with E-state index in [4.69, 9.17) is 15.0 Å². The van der Waals surface area contributed by atoms with Gasteiger partial charge >= 0.3 is 0 Å². The van der Waals surface area contributed by atoms with E-state index in [0.717, 1.165) is 39.3 Å². The van der Waals surface area contributed by atoms with Gasteiger partial charge in [-0.25, -0.2) is 15.0 Å². The predicted octanol–water partition coefficient (Wildman–Crippen LogP) is 15.0. The Kier molecular flexibility index (Phi) is 9.14. The van der Waals surface area contributed by atoms with Crippen molar-refractivity contribution in [3.8, 4) is 89.8 Å². The Morgan fingerprint density at radius 1 is 0.230 bits per heavy atom. The van der Waals surface area contributed by atoms with Crippen LogP contribution in [-0.2, 0) is 0 Å². The number of rotatable bonds is 9. The minimum absolute atomic E-state index is 0.652. The van der Waals surface area contributed by atoms with E-state index in [1.165, 1.54) is 50.1 Å². The zero-order chi connectivity index (χ0) is 40.5. The van der Waals surface area contributed by atoms with Crippen LogP contribution in [0, 0.1) is 0 Å². The van der Waals surface area contributed by atoms with Crippen LogP contribution < -0.4 is 4.90 Å². The Bertz CT molecular complexity index is 3020. The molecule has 1 heterocycles. The number of hydrogen-bond acceptors (Lipinski definition) is 4. The molecule has 11 rings (SSSR count). The molecule has 9 aromatic carbocycles. The number of anilines is 3. The summed E-state index contributed by atoms with van der Waals surface area (Å²) in [4.78, 5) is 17.6. The third kappa shape index (κ3) is 6.76. The SMILES string of the molecule is c1ccc(-c2cccc(N(c3ccc(-c4cccc5c4-c4c(-c6nc(-c7ccccc7)nc(-c7ccccc7)n6)cccc4-5)cc3)c3cccc(-c4ccccc4)c3)c2)cc1. The summed E-state index contributed by atoms with van der Waals surface area (Å²) in [7, 11) is 0. The number of hydrogen-bond donors (Lipinski definition) is 0. The second kappa shape index (κ2) is 15.5. The lowest BCUT2D eigenvalue weighted by atomic mass is 9.74. The van der Waals surface area contributed by atoms with Crippen LogP contribution in [0.15, 0.2) is 231 Å². The van der Waals surface area contributed by atoms with Crippen LogP contribution in [0.2, 0.25) is 0 Å². The van der Waals surface area contributed by atoms with Gasteiger partial charge in [-0.1, -0.05) is 194 Å². The van der Waals surface area contributed by atoms with Crippen molar-refractivity contribution in [2.45, 2.75) is 0 Å². The molecule has 0 radical (unpaired) electrons. The normalized spacial score (nSPS) is 11.3. The quantitative estimate of drug-likeness (QED) is 0.146. The van der Waals surface area contributed by atoms with Crippen molar-refractivity contribution in [3.63, 3.8) is 0 Å². The fraction of sp³-hybridized carbons (Fsp3) is 0. The van der Waals surface area contributed by atoms with Gasteiger partial charge in [-0.2, -0.15) is 0 Å². The fourth-order valence-corrected chi connectivity index (χ4v) is 8.53. The molecule has 4 heteroatoms. The molecule has 0 spiro atoms. The van der Waals surface area contributed by atoms with Gasteiger partial charge in [-0.15, -0.1) is 0 Å². The molecule has 0 bridgehead atoms. The average Bonchev–Trinajstić information content (AvgIpc) is 3.34. The summed E-state index contributed by atoms with van der Waals surface area (Å²) < 4.78 is 0. The standard InChI is InChI=1S/C57H38N4/c1-5-17-39(18-6-1)44-25-13-27-47(37-44)61(48-28-14-26-45(38-48)40-19-7-2-8-20-40)46-35-33-41(34-36-46)49-29-15-30-50-51-31-16-32-52(54(51)53(49)50)57-59-55(42-21-9-3-10-22-42)58-56(60-57)43-23-11-4-12-24-43/h1-38H. The molecule has 286 valence electrons. The molecule has 0 aliphatic heterocycles. The molecule has 1 aliphatic carbocycles. The van der Waals surface area contributed by atoms with E-state index in [1.54, 1.807) is 0 Å². The van der Waals surface area contributed by atoms with Gasteiger partial charge in [-0.3, -0.25) is 0 Å². The molecular formula is C57H38N4. The lowest BCUT2D eigenvalue weighted by Gasteiger charge is -2.30. The number of fused-ring (bicyclic) bond motifs is 4. The van der Waals surface area contributed by atoms with Gasteiger partial charge in [0.2, 0.25) is 0 Å². The summed E-state index contributed by atoms with van der Waals surface area (Å²) in [5.74, 6) is 1.96. The highest BCUT2D eigenvalue weighted by atomic mass is 15.1. The number of benzene rings is 9. The van der Waals surface area contributed by atoms with Crippen LogP contribution in [0.4, 0.5) is 17.1 Å². The second-order valence-corrected chi connectivity index (χ2v) is 15.2. The summed E-state index contributed by atoms with van der Waals surface area (Å²) in [6.45, 7) is 0. The van der Waals surface area contributed by atoms with Gasteiger partial charge in [0.25, 0.3) is 0 Å². The molecule has 0 fully saturated rings. The number of nitrogens with zero attached hydrogens (tertiary/aromatic N) is 4. The highest BCUT2D eigenvalue weighted by Gasteiger charge is 2.30. The van der Waals surface area contributed by atoms with E-state index >= 15 is 0 Å². The Hall–Kier alpha value is -8.21. The van der Waals surface area contributed by atoms with Crippen LogP contribution in [0.1, 0.15) is 0 Å². The second-order valence-electron chi connectivity index (χ2n) is 15.2. The molecule has 1 aromatic heterocycles. The van der Waals surface area contributed by atoms with Crippen molar-refractivity contribution in [2.24, 2.45) is 0 Å². The average molecular weight is 779 g/mol. The molecule has 0 unspecified atom stereocenters. The van der Waals surface area contributed by atoms with Crippen molar-refractivity contribution >= 4 is 17.1 Å². The van der Waals surface area contributed by atoms with E-state index in [-0.39, 0.29) is 0 Å².